The summed E-state index contributed by atoms with van der Waals surface area (Å²) in [7, 11) is -0.446. The number of rotatable bonds is 5. The van der Waals surface area contributed by atoms with Crippen LogP contribution in [0.2, 0.25) is 0 Å². The summed E-state index contributed by atoms with van der Waals surface area (Å²) in [5, 5.41) is 4.19. The first-order valence-electron chi connectivity index (χ1n) is 10.5. The number of benzene rings is 3. The van der Waals surface area contributed by atoms with Crippen LogP contribution < -0.4 is 15.9 Å². The lowest BCUT2D eigenvalue weighted by atomic mass is 9.83. The van der Waals surface area contributed by atoms with Crippen molar-refractivity contribution in [3.8, 4) is 0 Å². The lowest BCUT2D eigenvalue weighted by Crippen LogP contribution is -2.20. The van der Waals surface area contributed by atoms with Gasteiger partial charge in [0.15, 0.2) is 0 Å². The minimum Gasteiger partial charge on any atom is -0.103 e. The Hall–Kier alpha value is -1.44. The van der Waals surface area contributed by atoms with Crippen molar-refractivity contribution in [3.63, 3.8) is 0 Å². The van der Waals surface area contributed by atoms with Gasteiger partial charge in [-0.25, -0.2) is 0 Å². The molecular weight excluding hydrogens is 482 g/mol. The molecule has 4 rings (SSSR count). The molecule has 0 nitrogen and oxygen atoms in total. The van der Waals surface area contributed by atoms with Crippen molar-refractivity contribution in [2.75, 3.05) is 4.43 Å². The van der Waals surface area contributed by atoms with E-state index >= 15 is 0 Å². The maximum atomic E-state index is 3.83. The molecule has 29 heavy (non-hydrogen) atoms. The van der Waals surface area contributed by atoms with E-state index in [2.05, 4.69) is 126 Å². The van der Waals surface area contributed by atoms with E-state index in [4.69, 9.17) is 0 Å². The molecule has 1 saturated carbocycles. The van der Waals surface area contributed by atoms with Gasteiger partial charge >= 0.3 is 0 Å². The van der Waals surface area contributed by atoms with E-state index in [-0.39, 0.29) is 0 Å². The molecule has 2 heteroatoms. The molecular formula is C27H30IP. The molecule has 0 saturated heterocycles. The zero-order valence-corrected chi connectivity index (χ0v) is 20.0. The summed E-state index contributed by atoms with van der Waals surface area (Å²) in [6.45, 7) is 3.83. The number of hydrogen-bond donors (Lipinski definition) is 0. The van der Waals surface area contributed by atoms with Gasteiger partial charge in [-0.05, 0) is 61.4 Å². The highest BCUT2D eigenvalue weighted by Gasteiger charge is 2.17. The molecule has 0 aliphatic heterocycles. The smallest absolute Gasteiger partial charge is 0.00237 e. The van der Waals surface area contributed by atoms with Crippen LogP contribution >= 0.6 is 30.5 Å². The van der Waals surface area contributed by atoms with Gasteiger partial charge in [-0.3, -0.25) is 0 Å². The molecule has 3 aromatic rings. The van der Waals surface area contributed by atoms with Crippen LogP contribution in [0.15, 0.2) is 104 Å². The second-order valence-electron chi connectivity index (χ2n) is 7.51. The summed E-state index contributed by atoms with van der Waals surface area (Å²) in [6, 6.07) is 32.3. The van der Waals surface area contributed by atoms with Gasteiger partial charge in [-0.15, -0.1) is 6.58 Å². The first-order valence-corrected chi connectivity index (χ1v) is 13.3. The van der Waals surface area contributed by atoms with Gasteiger partial charge in [0, 0.05) is 4.43 Å². The molecule has 0 amide bonds. The van der Waals surface area contributed by atoms with E-state index in [1.807, 2.05) is 0 Å². The van der Waals surface area contributed by atoms with Crippen LogP contribution in [0.3, 0.4) is 0 Å². The lowest BCUT2D eigenvalue weighted by Gasteiger charge is -2.24. The Kier molecular flexibility index (Phi) is 9.44. The third kappa shape index (κ3) is 6.79. The topological polar surface area (TPSA) is 0 Å². The fraction of sp³-hybridized carbons (Fsp3) is 0.259. The summed E-state index contributed by atoms with van der Waals surface area (Å²) < 4.78 is 1.35. The van der Waals surface area contributed by atoms with Crippen molar-refractivity contribution in [2.45, 2.75) is 25.7 Å². The van der Waals surface area contributed by atoms with Crippen LogP contribution in [0.1, 0.15) is 25.7 Å². The van der Waals surface area contributed by atoms with Gasteiger partial charge in [0.25, 0.3) is 0 Å². The zero-order chi connectivity index (χ0) is 20.3. The minimum absolute atomic E-state index is 0.446. The van der Waals surface area contributed by atoms with Crippen molar-refractivity contribution < 1.29 is 0 Å². The standard InChI is InChI=1S/C18H15P.C9H15I/c1-4-10-16(11-5-1)19(17-12-6-2-7-13-17)18-14-8-3-9-15-18;1-2-8-3-5-9(7-10)6-4-8/h1-15H;2,8-9H,1,3-7H2. The molecule has 150 valence electrons. The second kappa shape index (κ2) is 12.3. The Morgan fingerprint density at radius 1 is 0.690 bits per heavy atom. The molecule has 0 aromatic heterocycles. The van der Waals surface area contributed by atoms with Crippen LogP contribution in [0.5, 0.6) is 0 Å². The average molecular weight is 512 g/mol. The predicted molar refractivity (Wildman–Crippen MR) is 140 cm³/mol. The van der Waals surface area contributed by atoms with Crippen molar-refractivity contribution in [2.24, 2.45) is 11.8 Å². The van der Waals surface area contributed by atoms with Gasteiger partial charge < -0.3 is 0 Å². The van der Waals surface area contributed by atoms with E-state index < -0.39 is 7.92 Å². The zero-order valence-electron chi connectivity index (χ0n) is 17.0. The van der Waals surface area contributed by atoms with Crippen LogP contribution in [0, 0.1) is 11.8 Å². The van der Waals surface area contributed by atoms with Crippen LogP contribution in [0.25, 0.3) is 0 Å². The fourth-order valence-electron chi connectivity index (χ4n) is 3.76. The maximum Gasteiger partial charge on any atom is 0.00237 e. The van der Waals surface area contributed by atoms with E-state index in [1.54, 1.807) is 0 Å². The highest BCUT2D eigenvalue weighted by molar-refractivity contribution is 14.1. The largest absolute Gasteiger partial charge is 0.103 e. The number of halogens is 1. The summed E-state index contributed by atoms with van der Waals surface area (Å²) >= 11 is 2.50. The molecule has 0 bridgehead atoms. The molecule has 1 fully saturated rings. The normalized spacial score (nSPS) is 18.6. The first kappa shape index (κ1) is 22.2. The van der Waals surface area contributed by atoms with Gasteiger partial charge in [0.1, 0.15) is 0 Å². The summed E-state index contributed by atoms with van der Waals surface area (Å²) in [6.07, 6.45) is 7.76. The van der Waals surface area contributed by atoms with Crippen LogP contribution in [-0.4, -0.2) is 4.43 Å². The Labute approximate surface area is 191 Å². The van der Waals surface area contributed by atoms with Crippen LogP contribution in [0.4, 0.5) is 0 Å². The van der Waals surface area contributed by atoms with Gasteiger partial charge in [-0.1, -0.05) is 120 Å². The number of hydrogen-bond acceptors (Lipinski definition) is 0. The highest BCUT2D eigenvalue weighted by Crippen LogP contribution is 2.32. The van der Waals surface area contributed by atoms with E-state index in [0.717, 1.165) is 11.8 Å². The van der Waals surface area contributed by atoms with E-state index in [0.29, 0.717) is 0 Å². The van der Waals surface area contributed by atoms with Gasteiger partial charge in [0.05, 0.1) is 0 Å². The minimum atomic E-state index is -0.446. The Balaban J connectivity index is 0.000000204. The number of alkyl halides is 1. The third-order valence-electron chi connectivity index (χ3n) is 5.49. The molecule has 1 aliphatic carbocycles. The van der Waals surface area contributed by atoms with Crippen molar-refractivity contribution in [1.82, 2.24) is 0 Å². The number of allylic oxidation sites excluding steroid dienone is 1. The van der Waals surface area contributed by atoms with E-state index in [9.17, 15) is 0 Å². The van der Waals surface area contributed by atoms with Gasteiger partial charge in [0.2, 0.25) is 0 Å². The molecule has 0 unspecified atom stereocenters. The van der Waals surface area contributed by atoms with E-state index in [1.165, 1.54) is 46.0 Å². The molecule has 0 heterocycles. The monoisotopic (exact) mass is 512 g/mol. The summed E-state index contributed by atoms with van der Waals surface area (Å²) in [5.41, 5.74) is 0. The van der Waals surface area contributed by atoms with Crippen LogP contribution in [-0.2, 0) is 0 Å². The average Bonchev–Trinajstić information content (AvgIpc) is 2.82. The SMILES string of the molecule is C=CC1CCC(CI)CC1.c1ccc(P(c2ccccc2)c2ccccc2)cc1. The molecule has 0 atom stereocenters. The maximum absolute atomic E-state index is 3.83. The van der Waals surface area contributed by atoms with Crippen molar-refractivity contribution >= 4 is 46.4 Å². The molecule has 1 aliphatic rings. The Morgan fingerprint density at radius 2 is 1.07 bits per heavy atom. The molecule has 3 aromatic carbocycles. The quantitative estimate of drug-likeness (QED) is 0.152. The summed E-state index contributed by atoms with van der Waals surface area (Å²) in [4.78, 5) is 0. The second-order valence-corrected chi connectivity index (χ2v) is 10.6. The lowest BCUT2D eigenvalue weighted by molar-refractivity contribution is 0.338. The molecule has 0 radical (unpaired) electrons. The summed E-state index contributed by atoms with van der Waals surface area (Å²) in [5.74, 6) is 1.84. The molecule has 0 spiro atoms. The predicted octanol–water partition coefficient (Wildman–Crippen LogP) is 6.86. The Bertz CT molecular complexity index is 730. The third-order valence-corrected chi connectivity index (χ3v) is 9.18. The highest BCUT2D eigenvalue weighted by atomic mass is 127. The molecule has 0 N–H and O–H groups in total. The van der Waals surface area contributed by atoms with Crippen molar-refractivity contribution in [3.05, 3.63) is 104 Å². The van der Waals surface area contributed by atoms with Gasteiger partial charge in [-0.2, -0.15) is 0 Å². The fourth-order valence-corrected chi connectivity index (χ4v) is 6.94. The Morgan fingerprint density at radius 3 is 1.38 bits per heavy atom. The first-order chi connectivity index (χ1) is 14.3. The van der Waals surface area contributed by atoms with Crippen molar-refractivity contribution in [1.29, 1.82) is 0 Å².